The van der Waals surface area contributed by atoms with Crippen LogP contribution in [0.4, 0.5) is 4.39 Å². The Morgan fingerprint density at radius 2 is 0.933 bits per heavy atom. The summed E-state index contributed by atoms with van der Waals surface area (Å²) < 4.78 is 70.4. The Kier molecular flexibility index (Phi) is 50.7. The number of carbonyl (C=O) groups is 3. The summed E-state index contributed by atoms with van der Waals surface area (Å²) >= 11 is 0. The van der Waals surface area contributed by atoms with Crippen molar-refractivity contribution in [2.45, 2.75) is 390 Å². The van der Waals surface area contributed by atoms with Crippen molar-refractivity contribution >= 4 is 25.6 Å². The second-order valence-electron chi connectivity index (χ2n) is 26.1. The minimum absolute atomic E-state index is 0.0470. The minimum Gasteiger partial charge on any atom is -0.479 e. The summed E-state index contributed by atoms with van der Waals surface area (Å²) in [6.07, 6.45) is 28.7. The van der Waals surface area contributed by atoms with Gasteiger partial charge in [-0.05, 0) is 38.5 Å². The van der Waals surface area contributed by atoms with E-state index in [1.54, 1.807) is 0 Å². The van der Waals surface area contributed by atoms with Gasteiger partial charge in [-0.2, -0.15) is 0 Å². The fourth-order valence-corrected chi connectivity index (χ4v) is 13.1. The van der Waals surface area contributed by atoms with Gasteiger partial charge < -0.3 is 69.3 Å². The first kappa shape index (κ1) is 84.2. The van der Waals surface area contributed by atoms with Gasteiger partial charge in [0.25, 0.3) is 0 Å². The number of aliphatic hydroxyl groups excluding tert-OH is 3. The van der Waals surface area contributed by atoms with Gasteiger partial charge in [-0.15, -0.1) is 0 Å². The van der Waals surface area contributed by atoms with Gasteiger partial charge in [-0.3, -0.25) is 14.1 Å². The van der Waals surface area contributed by atoms with Crippen LogP contribution in [0.2, 0.25) is 0 Å². The van der Waals surface area contributed by atoms with Crippen LogP contribution in [0.5, 0.6) is 0 Å². The molecule has 8 N–H and O–H groups in total. The molecule has 0 saturated carbocycles. The third kappa shape index (κ3) is 40.5. The first-order valence-electron chi connectivity index (χ1n) is 36.4. The second-order valence-corrected chi connectivity index (χ2v) is 27.3. The molecule has 0 bridgehead atoms. The van der Waals surface area contributed by atoms with Crippen molar-refractivity contribution in [2.24, 2.45) is 0 Å². The largest absolute Gasteiger partial charge is 0.479 e. The number of halogens is 1. The van der Waals surface area contributed by atoms with Crippen molar-refractivity contribution < 1.29 is 86.5 Å². The van der Waals surface area contributed by atoms with Crippen molar-refractivity contribution in [2.75, 3.05) is 33.1 Å². The number of alkyl halides is 1. The van der Waals surface area contributed by atoms with E-state index >= 15 is 4.39 Å². The molecule has 2 aliphatic heterocycles. The molecule has 21 heteroatoms. The number of aliphatic hydroxyl groups is 3. The second kappa shape index (κ2) is 54.2. The van der Waals surface area contributed by atoms with Crippen molar-refractivity contribution in [1.82, 2.24) is 10.6 Å². The number of carbonyl (C=O) groups excluding carboxylic acids is 2. The maximum absolute atomic E-state index is 15.2. The number of hydrogen-bond donors (Lipinski definition) is 8. The molecule has 2 heterocycles. The molecular formula is C69H132FN2O17P. The monoisotopic (exact) mass is 1310 g/mol. The number of phosphoric acid groups is 1. The molecule has 0 unspecified atom stereocenters. The van der Waals surface area contributed by atoms with Crippen LogP contribution in [0, 0.1) is 0 Å². The first-order chi connectivity index (χ1) is 43.5. The Labute approximate surface area is 543 Å². The zero-order valence-corrected chi connectivity index (χ0v) is 57.8. The normalized spacial score (nSPS) is 23.2. The number of aliphatic carboxylic acids is 1. The highest BCUT2D eigenvalue weighted by molar-refractivity contribution is 7.46. The lowest BCUT2D eigenvalue weighted by Gasteiger charge is -2.47. The van der Waals surface area contributed by atoms with Gasteiger partial charge in [-0.1, -0.05) is 259 Å². The maximum Gasteiger partial charge on any atom is 0.470 e. The molecule has 2 rings (SSSR count). The Morgan fingerprint density at radius 3 is 1.39 bits per heavy atom. The number of ether oxygens (including phenoxy) is 6. The van der Waals surface area contributed by atoms with Gasteiger partial charge in [0.1, 0.15) is 49.3 Å². The van der Waals surface area contributed by atoms with E-state index < -0.39 is 112 Å². The van der Waals surface area contributed by atoms with E-state index in [1.165, 1.54) is 148 Å². The molecular weight excluding hydrogens is 1180 g/mol. The average molecular weight is 1310 g/mol. The molecule has 532 valence electrons. The average Bonchev–Trinajstić information content (AvgIpc) is 1.06. The molecule has 2 aliphatic rings. The van der Waals surface area contributed by atoms with Gasteiger partial charge in [-0.25, -0.2) is 13.8 Å². The summed E-state index contributed by atoms with van der Waals surface area (Å²) in [4.78, 5) is 60.1. The third-order valence-corrected chi connectivity index (χ3v) is 18.4. The van der Waals surface area contributed by atoms with Crippen LogP contribution in [0.3, 0.4) is 0 Å². The van der Waals surface area contributed by atoms with E-state index in [9.17, 15) is 49.2 Å². The smallest absolute Gasteiger partial charge is 0.470 e. The van der Waals surface area contributed by atoms with Crippen LogP contribution < -0.4 is 10.6 Å². The summed E-state index contributed by atoms with van der Waals surface area (Å²) in [6, 6.07) is -2.88. The molecule has 2 amide bonds. The zero-order valence-electron chi connectivity index (χ0n) is 56.9. The summed E-state index contributed by atoms with van der Waals surface area (Å²) in [6.45, 7) is 8.39. The molecule has 0 radical (unpaired) electrons. The minimum atomic E-state index is -5.35. The lowest BCUT2D eigenvalue weighted by molar-refractivity contribution is -0.287. The van der Waals surface area contributed by atoms with E-state index in [2.05, 4.69) is 38.3 Å². The quantitative estimate of drug-likeness (QED) is 0.0208. The molecule has 0 spiro atoms. The van der Waals surface area contributed by atoms with E-state index in [4.69, 9.17) is 32.9 Å². The molecule has 0 aromatic rings. The molecule has 0 aliphatic carbocycles. The third-order valence-electron chi connectivity index (χ3n) is 17.8. The van der Waals surface area contributed by atoms with E-state index in [1.807, 2.05) is 0 Å². The fourth-order valence-electron chi connectivity index (χ4n) is 12.5. The van der Waals surface area contributed by atoms with Crippen LogP contribution in [-0.2, 0) is 51.9 Å². The van der Waals surface area contributed by atoms with Crippen LogP contribution >= 0.6 is 7.82 Å². The highest BCUT2D eigenvalue weighted by Gasteiger charge is 2.53. The number of amides is 2. The van der Waals surface area contributed by atoms with Gasteiger partial charge in [0.2, 0.25) is 11.8 Å². The van der Waals surface area contributed by atoms with Crippen LogP contribution in [0.25, 0.3) is 0 Å². The van der Waals surface area contributed by atoms with Gasteiger partial charge in [0.05, 0.1) is 37.4 Å². The highest BCUT2D eigenvalue weighted by Crippen LogP contribution is 2.43. The first-order valence-corrected chi connectivity index (χ1v) is 37.9. The van der Waals surface area contributed by atoms with Crippen molar-refractivity contribution in [3.63, 3.8) is 0 Å². The highest BCUT2D eigenvalue weighted by atomic mass is 31.2. The molecule has 19 nitrogen and oxygen atoms in total. The van der Waals surface area contributed by atoms with Crippen LogP contribution in [-0.4, -0.2) is 161 Å². The number of phosphoric ester groups is 1. The van der Waals surface area contributed by atoms with Gasteiger partial charge in [0.15, 0.2) is 12.4 Å². The maximum atomic E-state index is 15.2. The fraction of sp³-hybridized carbons (Fsp3) is 0.957. The Balaban J connectivity index is 2.33. The number of unbranched alkanes of at least 4 members (excludes halogenated alkanes) is 33. The van der Waals surface area contributed by atoms with E-state index in [0.717, 1.165) is 96.3 Å². The number of carboxylic acids is 1. The molecule has 0 aromatic heterocycles. The predicted octanol–water partition coefficient (Wildman–Crippen LogP) is 14.1. The van der Waals surface area contributed by atoms with Crippen LogP contribution in [0.1, 0.15) is 311 Å². The van der Waals surface area contributed by atoms with E-state index in [0.29, 0.717) is 32.3 Å². The Bertz CT molecular complexity index is 1790. The molecule has 90 heavy (non-hydrogen) atoms. The number of rotatable bonds is 61. The lowest BCUT2D eigenvalue weighted by Crippen LogP contribution is -2.68. The standard InChI is InChI=1S/C69H132FN2O17P/c1-6-10-14-18-22-26-30-34-38-42-48-83-57(45-41-37-33-29-25-21-17-13-9-4)47-50-85-66-62(71-54(5)73)69(88-58(52-70)64(66)89-90(80,81)82)86-53-59-63(77)65(84-49-46-55(74)43-39-35-31-27-23-19-15-11-7-2)61(67(87-59)68(78)79)72-60(76)51-56(75)44-40-36-32-28-24-20-16-12-8-3/h55-59,61-67,69,74-75,77H,6-53H2,1-5H3,(H,71,73)(H,72,76)(H,78,79)(H2,80,81,82)/t55-,56-,57-,58-,59-,61-,62-,63-,64-,65-,66-,67+,69-/m1/s1. The number of hydrogen-bond acceptors (Lipinski definition) is 14. The molecule has 2 fully saturated rings. The van der Waals surface area contributed by atoms with Crippen molar-refractivity contribution in [3.05, 3.63) is 0 Å². The molecule has 2 saturated heterocycles. The summed E-state index contributed by atoms with van der Waals surface area (Å²) in [5, 5.41) is 50.1. The van der Waals surface area contributed by atoms with E-state index in [-0.39, 0.29) is 32.2 Å². The van der Waals surface area contributed by atoms with Crippen molar-refractivity contribution in [3.8, 4) is 0 Å². The van der Waals surface area contributed by atoms with Gasteiger partial charge in [0, 0.05) is 26.7 Å². The number of nitrogens with one attached hydrogen (secondary N) is 2. The van der Waals surface area contributed by atoms with Gasteiger partial charge >= 0.3 is 13.8 Å². The van der Waals surface area contributed by atoms with Crippen molar-refractivity contribution in [1.29, 1.82) is 0 Å². The summed E-state index contributed by atoms with van der Waals surface area (Å²) in [5.41, 5.74) is 0. The van der Waals surface area contributed by atoms with Crippen LogP contribution in [0.15, 0.2) is 0 Å². The summed E-state index contributed by atoms with van der Waals surface area (Å²) in [7, 11) is -5.35. The molecule has 13 atom stereocenters. The zero-order chi connectivity index (χ0) is 66.0. The topological polar surface area (TPSA) is 278 Å². The predicted molar refractivity (Wildman–Crippen MR) is 352 cm³/mol. The molecule has 0 aromatic carbocycles. The Morgan fingerprint density at radius 1 is 0.500 bits per heavy atom. The Hall–Kier alpha value is -1.91. The summed E-state index contributed by atoms with van der Waals surface area (Å²) in [5.74, 6) is -2.82. The SMILES string of the molecule is CCCCCCCCCCCCO[C@H](CCCCCCCCCCC)CCO[C@@H]1[C@@H](NC(C)=O)[C@H](OC[C@H]2O[C@H](C(=O)O)[C@H](NC(=O)C[C@H](O)CCCCCCCCCCC)[C@@H](OCC[C@H](O)CCCCCCCCCCC)[C@@H]2O)O[C@H](CF)[C@H]1OP(=O)(O)O. The number of carboxylic acid groups (broad SMARTS) is 1. The lowest BCUT2D eigenvalue weighted by atomic mass is 9.91.